The molecule has 0 spiro atoms. The Morgan fingerprint density at radius 3 is 2.35 bits per heavy atom. The minimum Gasteiger partial charge on any atom is -0.475 e. The van der Waals surface area contributed by atoms with Gasteiger partial charge in [0.1, 0.15) is 17.3 Å². The van der Waals surface area contributed by atoms with Crippen LogP contribution in [0.3, 0.4) is 0 Å². The molecule has 1 aromatic carbocycles. The number of rotatable bonds is 5. The number of carbonyl (C=O) groups is 2. The highest BCUT2D eigenvalue weighted by molar-refractivity contribution is 5.91. The van der Waals surface area contributed by atoms with Crippen LogP contribution in [0.1, 0.15) is 40.9 Å². The summed E-state index contributed by atoms with van der Waals surface area (Å²) in [7, 11) is 1.78. The van der Waals surface area contributed by atoms with E-state index in [4.69, 9.17) is 9.90 Å². The third-order valence-electron chi connectivity index (χ3n) is 5.24. The highest BCUT2D eigenvalue weighted by Crippen LogP contribution is 2.23. The SMILES string of the molecule is CN(Cc1ncc(-c2ccccc2)[nH]1)C(=O)c1cnc(C2CCNCC2)[nH]1.O=C(O)C(F)(F)F. The van der Waals surface area contributed by atoms with E-state index in [1.807, 2.05) is 30.3 Å². The second-order valence-electron chi connectivity index (χ2n) is 7.78. The standard InChI is InChI=1S/C20H24N6O.C2HF3O2/c1-26(13-18-22-11-16(24-18)14-5-3-2-4-6-14)20(27)17-12-23-19(25-17)15-7-9-21-10-8-15;3-2(4,5)1(6)7/h2-6,11-12,15,21H,7-10,13H2,1H3,(H,22,24)(H,23,25);(H,6,7). The largest absolute Gasteiger partial charge is 0.490 e. The lowest BCUT2D eigenvalue weighted by Gasteiger charge is -2.20. The summed E-state index contributed by atoms with van der Waals surface area (Å²) in [6.45, 7) is 2.40. The predicted octanol–water partition coefficient (Wildman–Crippen LogP) is 3.17. The molecule has 1 amide bonds. The van der Waals surface area contributed by atoms with Crippen molar-refractivity contribution in [2.75, 3.05) is 20.1 Å². The Hall–Kier alpha value is -3.67. The molecule has 0 atom stereocenters. The summed E-state index contributed by atoms with van der Waals surface area (Å²) in [5.41, 5.74) is 2.55. The van der Waals surface area contributed by atoms with E-state index < -0.39 is 12.1 Å². The second-order valence-corrected chi connectivity index (χ2v) is 7.78. The molecule has 0 unspecified atom stereocenters. The molecule has 3 heterocycles. The number of amides is 1. The lowest BCUT2D eigenvalue weighted by atomic mass is 9.98. The molecule has 0 radical (unpaired) electrons. The summed E-state index contributed by atoms with van der Waals surface area (Å²) in [5.74, 6) is -0.773. The number of alkyl halides is 3. The summed E-state index contributed by atoms with van der Waals surface area (Å²) < 4.78 is 31.7. The Kier molecular flexibility index (Phi) is 8.05. The van der Waals surface area contributed by atoms with Crippen molar-refractivity contribution in [1.82, 2.24) is 30.2 Å². The van der Waals surface area contributed by atoms with Crippen molar-refractivity contribution < 1.29 is 27.9 Å². The van der Waals surface area contributed by atoms with Crippen molar-refractivity contribution in [1.29, 1.82) is 0 Å². The molecule has 1 fully saturated rings. The molecule has 3 aromatic rings. The Morgan fingerprint density at radius 1 is 1.09 bits per heavy atom. The number of aromatic nitrogens is 4. The number of nitrogens with zero attached hydrogens (tertiary/aromatic N) is 3. The van der Waals surface area contributed by atoms with E-state index in [1.165, 1.54) is 0 Å². The maximum Gasteiger partial charge on any atom is 0.490 e. The van der Waals surface area contributed by atoms with Crippen molar-refractivity contribution in [3.05, 3.63) is 60.1 Å². The summed E-state index contributed by atoms with van der Waals surface area (Å²) in [4.78, 5) is 38.6. The van der Waals surface area contributed by atoms with Crippen LogP contribution in [0, 0.1) is 0 Å². The zero-order valence-corrected chi connectivity index (χ0v) is 18.4. The van der Waals surface area contributed by atoms with Crippen LogP contribution in [0.4, 0.5) is 13.2 Å². The lowest BCUT2D eigenvalue weighted by Crippen LogP contribution is -2.28. The van der Waals surface area contributed by atoms with Gasteiger partial charge in [-0.25, -0.2) is 14.8 Å². The number of piperidine rings is 1. The second kappa shape index (κ2) is 11.0. The first kappa shape index (κ1) is 25.0. The third-order valence-corrected chi connectivity index (χ3v) is 5.24. The number of benzene rings is 1. The molecule has 1 saturated heterocycles. The molecule has 34 heavy (non-hydrogen) atoms. The highest BCUT2D eigenvalue weighted by Gasteiger charge is 2.38. The van der Waals surface area contributed by atoms with Crippen molar-refractivity contribution >= 4 is 11.9 Å². The van der Waals surface area contributed by atoms with Gasteiger partial charge < -0.3 is 25.3 Å². The van der Waals surface area contributed by atoms with Gasteiger partial charge in [-0.1, -0.05) is 30.3 Å². The number of nitrogens with one attached hydrogen (secondary N) is 3. The summed E-state index contributed by atoms with van der Waals surface area (Å²) in [6.07, 6.45) is 0.458. The van der Waals surface area contributed by atoms with E-state index in [1.54, 1.807) is 24.3 Å². The van der Waals surface area contributed by atoms with Gasteiger partial charge in [0.15, 0.2) is 0 Å². The first-order valence-corrected chi connectivity index (χ1v) is 10.6. The number of hydrogen-bond donors (Lipinski definition) is 4. The molecule has 2 aromatic heterocycles. The van der Waals surface area contributed by atoms with Gasteiger partial charge in [-0.15, -0.1) is 0 Å². The van der Waals surface area contributed by atoms with E-state index in [0.717, 1.165) is 48.8 Å². The lowest BCUT2D eigenvalue weighted by molar-refractivity contribution is -0.192. The fraction of sp³-hybridized carbons (Fsp3) is 0.364. The number of imidazole rings is 2. The smallest absolute Gasteiger partial charge is 0.475 e. The van der Waals surface area contributed by atoms with Crippen molar-refractivity contribution in [3.63, 3.8) is 0 Å². The topological polar surface area (TPSA) is 127 Å². The summed E-state index contributed by atoms with van der Waals surface area (Å²) in [6, 6.07) is 10.0. The molecular formula is C22H25F3N6O3. The number of hydrogen-bond acceptors (Lipinski definition) is 5. The van der Waals surface area contributed by atoms with Gasteiger partial charge in [0.05, 0.1) is 24.6 Å². The van der Waals surface area contributed by atoms with Crippen LogP contribution in [0.15, 0.2) is 42.7 Å². The molecule has 1 aliphatic heterocycles. The van der Waals surface area contributed by atoms with Gasteiger partial charge >= 0.3 is 12.1 Å². The van der Waals surface area contributed by atoms with Crippen LogP contribution in [-0.2, 0) is 11.3 Å². The van der Waals surface area contributed by atoms with Gasteiger partial charge in [-0.05, 0) is 31.5 Å². The maximum absolute atomic E-state index is 12.7. The van der Waals surface area contributed by atoms with Crippen molar-refractivity contribution in [2.24, 2.45) is 0 Å². The van der Waals surface area contributed by atoms with Crippen LogP contribution >= 0.6 is 0 Å². The number of carbonyl (C=O) groups excluding carboxylic acids is 1. The van der Waals surface area contributed by atoms with E-state index in [2.05, 4.69) is 25.3 Å². The number of aromatic amines is 2. The molecule has 4 rings (SSSR count). The monoisotopic (exact) mass is 478 g/mol. The minimum absolute atomic E-state index is 0.0830. The third kappa shape index (κ3) is 6.67. The zero-order chi connectivity index (χ0) is 24.7. The molecule has 1 aliphatic rings. The Labute approximate surface area is 193 Å². The van der Waals surface area contributed by atoms with Crippen LogP contribution < -0.4 is 5.32 Å². The highest BCUT2D eigenvalue weighted by atomic mass is 19.4. The van der Waals surface area contributed by atoms with E-state index in [9.17, 15) is 18.0 Å². The van der Waals surface area contributed by atoms with E-state index in [-0.39, 0.29) is 5.91 Å². The van der Waals surface area contributed by atoms with E-state index >= 15 is 0 Å². The van der Waals surface area contributed by atoms with Gasteiger partial charge in [-0.2, -0.15) is 13.2 Å². The first-order chi connectivity index (χ1) is 16.1. The fourth-order valence-corrected chi connectivity index (χ4v) is 3.46. The predicted molar refractivity (Wildman–Crippen MR) is 117 cm³/mol. The molecule has 0 saturated carbocycles. The van der Waals surface area contributed by atoms with Crippen LogP contribution in [-0.4, -0.2) is 68.1 Å². The maximum atomic E-state index is 12.7. The van der Waals surface area contributed by atoms with Gasteiger partial charge in [0.2, 0.25) is 0 Å². The molecule has 9 nitrogen and oxygen atoms in total. The normalized spacial score (nSPS) is 14.2. The minimum atomic E-state index is -5.08. The molecule has 182 valence electrons. The molecule has 12 heteroatoms. The molecule has 4 N–H and O–H groups in total. The fourth-order valence-electron chi connectivity index (χ4n) is 3.46. The zero-order valence-electron chi connectivity index (χ0n) is 18.4. The quantitative estimate of drug-likeness (QED) is 0.446. The molecular weight excluding hydrogens is 453 g/mol. The van der Waals surface area contributed by atoms with Crippen molar-refractivity contribution in [3.8, 4) is 11.3 Å². The first-order valence-electron chi connectivity index (χ1n) is 10.6. The van der Waals surface area contributed by atoms with E-state index in [0.29, 0.717) is 18.2 Å². The van der Waals surface area contributed by atoms with Crippen LogP contribution in [0.5, 0.6) is 0 Å². The summed E-state index contributed by atoms with van der Waals surface area (Å²) >= 11 is 0. The van der Waals surface area contributed by atoms with Crippen molar-refractivity contribution in [2.45, 2.75) is 31.5 Å². The number of carboxylic acids is 1. The average molecular weight is 478 g/mol. The number of H-pyrrole nitrogens is 2. The Balaban J connectivity index is 0.000000406. The number of halogens is 3. The molecule has 0 aliphatic carbocycles. The number of aliphatic carboxylic acids is 1. The van der Waals surface area contributed by atoms with Gasteiger partial charge in [0, 0.05) is 13.0 Å². The van der Waals surface area contributed by atoms with Gasteiger partial charge in [-0.3, -0.25) is 4.79 Å². The van der Waals surface area contributed by atoms with Gasteiger partial charge in [0.25, 0.3) is 5.91 Å². The molecule has 0 bridgehead atoms. The summed E-state index contributed by atoms with van der Waals surface area (Å²) in [5, 5.41) is 10.5. The Morgan fingerprint density at radius 2 is 1.74 bits per heavy atom. The average Bonchev–Trinajstić information content (AvgIpc) is 3.50. The van der Waals surface area contributed by atoms with Crippen LogP contribution in [0.2, 0.25) is 0 Å². The number of carboxylic acid groups (broad SMARTS) is 1. The Bertz CT molecular complexity index is 1090. The van der Waals surface area contributed by atoms with Crippen LogP contribution in [0.25, 0.3) is 11.3 Å².